The quantitative estimate of drug-likeness (QED) is 0.498. The lowest BCUT2D eigenvalue weighted by Gasteiger charge is -2.30. The molecule has 186 valence electrons. The fourth-order valence-electron chi connectivity index (χ4n) is 5.40. The number of aromatic nitrogens is 2. The molecule has 0 bridgehead atoms. The second-order valence-corrected chi connectivity index (χ2v) is 10.3. The van der Waals surface area contributed by atoms with Gasteiger partial charge in [0.25, 0.3) is 5.56 Å². The molecule has 1 aliphatic heterocycles. The number of hydrogen-bond acceptors (Lipinski definition) is 7. The van der Waals surface area contributed by atoms with E-state index >= 15 is 0 Å². The molecule has 2 aromatic carbocycles. The number of ether oxygens (including phenoxy) is 2. The third kappa shape index (κ3) is 4.03. The Labute approximate surface area is 203 Å². The number of benzene rings is 2. The molecule has 0 radical (unpaired) electrons. The normalized spacial score (nSPS) is 20.2. The van der Waals surface area contributed by atoms with Crippen molar-refractivity contribution in [3.05, 3.63) is 63.3 Å². The summed E-state index contributed by atoms with van der Waals surface area (Å²) in [6, 6.07) is 13.2. The van der Waals surface area contributed by atoms with Crippen molar-refractivity contribution < 1.29 is 9.47 Å². The van der Waals surface area contributed by atoms with Gasteiger partial charge in [-0.1, -0.05) is 32.0 Å². The maximum Gasteiger partial charge on any atom is 0.350 e. The highest BCUT2D eigenvalue weighted by Crippen LogP contribution is 2.45. The summed E-state index contributed by atoms with van der Waals surface area (Å²) in [5.41, 5.74) is 6.88. The monoisotopic (exact) mass is 479 g/mol. The highest BCUT2D eigenvalue weighted by Gasteiger charge is 2.44. The van der Waals surface area contributed by atoms with Crippen LogP contribution in [0, 0.1) is 11.3 Å². The van der Waals surface area contributed by atoms with Crippen molar-refractivity contribution in [2.75, 3.05) is 37.5 Å². The van der Waals surface area contributed by atoms with Crippen LogP contribution in [-0.2, 0) is 0 Å². The molecule has 0 amide bonds. The summed E-state index contributed by atoms with van der Waals surface area (Å²) in [5, 5.41) is 0.377. The Morgan fingerprint density at radius 2 is 1.83 bits per heavy atom. The Bertz CT molecular complexity index is 1360. The number of fused-ring (bicyclic) bond motifs is 1. The highest BCUT2D eigenvalue weighted by atomic mass is 16.5. The number of nitrogen functional groups attached to an aromatic ring is 1. The number of hydrogen-bond donors (Lipinski definition) is 2. The van der Waals surface area contributed by atoms with E-state index in [0.29, 0.717) is 34.5 Å². The zero-order valence-electron chi connectivity index (χ0n) is 20.4. The molecule has 2 heterocycles. The van der Waals surface area contributed by atoms with Crippen molar-refractivity contribution in [2.24, 2.45) is 17.1 Å². The van der Waals surface area contributed by atoms with Crippen LogP contribution >= 0.6 is 0 Å². The lowest BCUT2D eigenvalue weighted by atomic mass is 9.78. The molecule has 4 N–H and O–H groups in total. The van der Waals surface area contributed by atoms with Gasteiger partial charge in [-0.15, -0.1) is 0 Å². The van der Waals surface area contributed by atoms with Crippen molar-refractivity contribution in [3.63, 3.8) is 0 Å². The Kier molecular flexibility index (Phi) is 5.75. The van der Waals surface area contributed by atoms with Gasteiger partial charge in [0.2, 0.25) is 0 Å². The van der Waals surface area contributed by atoms with Gasteiger partial charge in [-0.3, -0.25) is 9.36 Å². The minimum absolute atomic E-state index is 0.0240. The maximum atomic E-state index is 12.9. The van der Waals surface area contributed by atoms with E-state index in [0.717, 1.165) is 30.8 Å². The number of nitrogens with zero attached hydrogens (tertiary/aromatic N) is 3. The summed E-state index contributed by atoms with van der Waals surface area (Å²) in [6.45, 7) is 6.29. The molecule has 1 saturated carbocycles. The summed E-state index contributed by atoms with van der Waals surface area (Å²) in [5.74, 6) is 7.30. The van der Waals surface area contributed by atoms with Crippen LogP contribution in [0.1, 0.15) is 32.7 Å². The Hall–Kier alpha value is -3.46. The number of rotatable bonds is 7. The highest BCUT2D eigenvalue weighted by molar-refractivity contribution is 5.91. The van der Waals surface area contributed by atoms with Gasteiger partial charge in [-0.05, 0) is 42.5 Å². The molecule has 2 atom stereocenters. The summed E-state index contributed by atoms with van der Waals surface area (Å²) >= 11 is 0. The predicted molar refractivity (Wildman–Crippen MR) is 137 cm³/mol. The van der Waals surface area contributed by atoms with E-state index in [1.165, 1.54) is 0 Å². The third-order valence-corrected chi connectivity index (χ3v) is 7.39. The van der Waals surface area contributed by atoms with Crippen LogP contribution in [0.2, 0.25) is 0 Å². The van der Waals surface area contributed by atoms with Crippen LogP contribution in [0.25, 0.3) is 10.9 Å². The van der Waals surface area contributed by atoms with Crippen molar-refractivity contribution in [3.8, 4) is 11.5 Å². The fourth-order valence-corrected chi connectivity index (χ4v) is 5.40. The first-order valence-corrected chi connectivity index (χ1v) is 12.0. The van der Waals surface area contributed by atoms with E-state index < -0.39 is 11.2 Å². The summed E-state index contributed by atoms with van der Waals surface area (Å²) < 4.78 is 14.1. The van der Waals surface area contributed by atoms with E-state index in [-0.39, 0.29) is 23.4 Å². The van der Waals surface area contributed by atoms with Crippen LogP contribution in [0.5, 0.6) is 11.5 Å². The molecule has 2 aliphatic rings. The lowest BCUT2D eigenvalue weighted by Crippen LogP contribution is -2.44. The van der Waals surface area contributed by atoms with Gasteiger partial charge >= 0.3 is 5.69 Å². The standard InChI is InChI=1S/C26H33N5O4/c1-26(2)15-29(13-19(26)20(27)14-35-17-7-5-4-6-8-17)21-12-11-18-22(23(21)34-3)30(16-9-10-16)25(33)31(28)24(18)32/h4-8,11-12,16,19-20H,9-10,13-15,27-28H2,1-3H3/t19-,20+/m1/s1. The zero-order chi connectivity index (χ0) is 24.9. The number of anilines is 1. The SMILES string of the molecule is COc1c(N2C[C@H]([C@@H](N)COc3ccccc3)C(C)(C)C2)ccc2c(=O)n(N)c(=O)n(C3CC3)c12. The minimum atomic E-state index is -0.522. The second kappa shape index (κ2) is 8.64. The lowest BCUT2D eigenvalue weighted by molar-refractivity contribution is 0.185. The molecule has 5 rings (SSSR count). The van der Waals surface area contributed by atoms with E-state index in [1.54, 1.807) is 17.7 Å². The summed E-state index contributed by atoms with van der Waals surface area (Å²) in [6.07, 6.45) is 1.74. The molecule has 1 saturated heterocycles. The van der Waals surface area contributed by atoms with E-state index in [1.807, 2.05) is 36.4 Å². The van der Waals surface area contributed by atoms with Gasteiger partial charge < -0.3 is 25.9 Å². The Balaban J connectivity index is 1.50. The molecule has 9 heteroatoms. The molecular weight excluding hydrogens is 446 g/mol. The minimum Gasteiger partial charge on any atom is -0.492 e. The van der Waals surface area contributed by atoms with Gasteiger partial charge in [0.05, 0.1) is 18.2 Å². The molecule has 0 spiro atoms. The second-order valence-electron chi connectivity index (χ2n) is 10.3. The molecule has 1 aliphatic carbocycles. The molecule has 35 heavy (non-hydrogen) atoms. The largest absolute Gasteiger partial charge is 0.492 e. The van der Waals surface area contributed by atoms with Crippen LogP contribution in [-0.4, -0.2) is 42.1 Å². The molecule has 9 nitrogen and oxygen atoms in total. The molecule has 1 aromatic heterocycles. The van der Waals surface area contributed by atoms with E-state index in [4.69, 9.17) is 21.1 Å². The number of methoxy groups -OCH3 is 1. The van der Waals surface area contributed by atoms with E-state index in [9.17, 15) is 9.59 Å². The molecule has 0 unspecified atom stereocenters. The first-order chi connectivity index (χ1) is 16.7. The van der Waals surface area contributed by atoms with Crippen molar-refractivity contribution >= 4 is 16.6 Å². The molecule has 2 fully saturated rings. The van der Waals surface area contributed by atoms with Gasteiger partial charge in [0.15, 0.2) is 5.75 Å². The van der Waals surface area contributed by atoms with Gasteiger partial charge in [-0.25, -0.2) is 4.79 Å². The zero-order valence-corrected chi connectivity index (χ0v) is 20.4. The molecular formula is C26H33N5O4. The predicted octanol–water partition coefficient (Wildman–Crippen LogP) is 2.09. The first kappa shape index (κ1) is 23.3. The Morgan fingerprint density at radius 1 is 1.11 bits per heavy atom. The summed E-state index contributed by atoms with van der Waals surface area (Å²) in [4.78, 5) is 28.0. The van der Waals surface area contributed by atoms with Crippen molar-refractivity contribution in [2.45, 2.75) is 38.8 Å². The number of para-hydroxylation sites is 1. The maximum absolute atomic E-state index is 12.9. The Morgan fingerprint density at radius 3 is 2.49 bits per heavy atom. The topological polar surface area (TPSA) is 118 Å². The van der Waals surface area contributed by atoms with Gasteiger partial charge in [0, 0.05) is 31.1 Å². The summed E-state index contributed by atoms with van der Waals surface area (Å²) in [7, 11) is 1.58. The fraction of sp³-hybridized carbons (Fsp3) is 0.462. The smallest absolute Gasteiger partial charge is 0.350 e. The van der Waals surface area contributed by atoms with Gasteiger partial charge in [-0.2, -0.15) is 4.68 Å². The number of nitrogens with two attached hydrogens (primary N) is 2. The average Bonchev–Trinajstić information content (AvgIpc) is 3.63. The first-order valence-electron chi connectivity index (χ1n) is 12.0. The van der Waals surface area contributed by atoms with Crippen molar-refractivity contribution in [1.29, 1.82) is 0 Å². The van der Waals surface area contributed by atoms with Crippen LogP contribution in [0.4, 0.5) is 5.69 Å². The molecule has 3 aromatic rings. The average molecular weight is 480 g/mol. The van der Waals surface area contributed by atoms with Crippen LogP contribution < -0.4 is 37.2 Å². The van der Waals surface area contributed by atoms with Gasteiger partial charge in [0.1, 0.15) is 17.9 Å². The van der Waals surface area contributed by atoms with Crippen LogP contribution in [0.15, 0.2) is 52.1 Å². The third-order valence-electron chi connectivity index (χ3n) is 7.39. The van der Waals surface area contributed by atoms with Crippen molar-refractivity contribution in [1.82, 2.24) is 9.24 Å². The van der Waals surface area contributed by atoms with E-state index in [2.05, 4.69) is 18.7 Å². The van der Waals surface area contributed by atoms with Crippen LogP contribution in [0.3, 0.4) is 0 Å².